The van der Waals surface area contributed by atoms with E-state index < -0.39 is 6.04 Å². The van der Waals surface area contributed by atoms with Gasteiger partial charge in [0.2, 0.25) is 5.91 Å². The highest BCUT2D eigenvalue weighted by atomic mass is 16.2. The molecule has 0 heterocycles. The third-order valence-corrected chi connectivity index (χ3v) is 2.36. The number of carbonyl (C=O) groups excluding carboxylic acids is 2. The molecule has 0 fully saturated rings. The van der Waals surface area contributed by atoms with Gasteiger partial charge in [0.15, 0.2) is 0 Å². The average molecular weight is 235 g/mol. The van der Waals surface area contributed by atoms with Gasteiger partial charge in [0.05, 0.1) is 5.56 Å². The predicted molar refractivity (Wildman–Crippen MR) is 66.5 cm³/mol. The van der Waals surface area contributed by atoms with E-state index in [2.05, 4.69) is 5.32 Å². The standard InChI is InChI=1S/C12H17N3O2/c1-8(12(17)15(2)3)14-11(16)9-6-4-5-7-10(9)13/h4-8H,13H2,1-3H3,(H,14,16). The second-order valence-corrected chi connectivity index (χ2v) is 4.02. The monoisotopic (exact) mass is 235 g/mol. The Labute approximate surface area is 101 Å². The summed E-state index contributed by atoms with van der Waals surface area (Å²) in [4.78, 5) is 24.8. The van der Waals surface area contributed by atoms with Crippen molar-refractivity contribution in [1.82, 2.24) is 10.2 Å². The van der Waals surface area contributed by atoms with Crippen LogP contribution in [0.2, 0.25) is 0 Å². The van der Waals surface area contributed by atoms with E-state index in [9.17, 15) is 9.59 Å². The highest BCUT2D eigenvalue weighted by Gasteiger charge is 2.18. The van der Waals surface area contributed by atoms with Gasteiger partial charge in [-0.15, -0.1) is 0 Å². The number of rotatable bonds is 3. The molecular weight excluding hydrogens is 218 g/mol. The van der Waals surface area contributed by atoms with Gasteiger partial charge in [0.25, 0.3) is 5.91 Å². The van der Waals surface area contributed by atoms with E-state index in [1.165, 1.54) is 4.90 Å². The van der Waals surface area contributed by atoms with Crippen molar-refractivity contribution in [2.24, 2.45) is 0 Å². The number of nitrogen functional groups attached to an aromatic ring is 1. The largest absolute Gasteiger partial charge is 0.398 e. The van der Waals surface area contributed by atoms with Crippen LogP contribution >= 0.6 is 0 Å². The van der Waals surface area contributed by atoms with E-state index in [-0.39, 0.29) is 11.8 Å². The molecule has 0 saturated heterocycles. The Balaban J connectivity index is 2.74. The van der Waals surface area contributed by atoms with Crippen LogP contribution < -0.4 is 11.1 Å². The first-order valence-corrected chi connectivity index (χ1v) is 5.30. The Hall–Kier alpha value is -2.04. The smallest absolute Gasteiger partial charge is 0.254 e. The zero-order valence-corrected chi connectivity index (χ0v) is 10.2. The van der Waals surface area contributed by atoms with E-state index in [1.54, 1.807) is 45.3 Å². The van der Waals surface area contributed by atoms with Gasteiger partial charge in [-0.2, -0.15) is 0 Å². The number of likely N-dealkylation sites (N-methyl/N-ethyl adjacent to an activating group) is 1. The van der Waals surface area contributed by atoms with Crippen molar-refractivity contribution in [2.45, 2.75) is 13.0 Å². The lowest BCUT2D eigenvalue weighted by molar-refractivity contribution is -0.130. The Bertz CT molecular complexity index is 430. The molecule has 1 atom stereocenters. The van der Waals surface area contributed by atoms with Crippen molar-refractivity contribution in [3.63, 3.8) is 0 Å². The summed E-state index contributed by atoms with van der Waals surface area (Å²) >= 11 is 0. The first-order chi connectivity index (χ1) is 7.93. The van der Waals surface area contributed by atoms with E-state index in [0.717, 1.165) is 0 Å². The molecular formula is C12H17N3O2. The van der Waals surface area contributed by atoms with Crippen molar-refractivity contribution in [2.75, 3.05) is 19.8 Å². The molecule has 1 aromatic carbocycles. The van der Waals surface area contributed by atoms with Crippen LogP contribution in [0.25, 0.3) is 0 Å². The van der Waals surface area contributed by atoms with E-state index in [1.807, 2.05) is 0 Å². The molecule has 1 unspecified atom stereocenters. The number of hydrogen-bond acceptors (Lipinski definition) is 3. The maximum atomic E-state index is 11.8. The number of para-hydroxylation sites is 1. The van der Waals surface area contributed by atoms with Crippen molar-refractivity contribution in [1.29, 1.82) is 0 Å². The molecule has 5 nitrogen and oxygen atoms in total. The fourth-order valence-electron chi connectivity index (χ4n) is 1.43. The predicted octanol–water partition coefficient (Wildman–Crippen LogP) is 0.475. The molecule has 1 rings (SSSR count). The number of hydrogen-bond donors (Lipinski definition) is 2. The number of nitrogens with one attached hydrogen (secondary N) is 1. The minimum Gasteiger partial charge on any atom is -0.398 e. The lowest BCUT2D eigenvalue weighted by Gasteiger charge is -2.18. The molecule has 5 heteroatoms. The molecule has 92 valence electrons. The lowest BCUT2D eigenvalue weighted by atomic mass is 10.1. The minimum atomic E-state index is -0.572. The number of benzene rings is 1. The Morgan fingerprint density at radius 2 is 1.88 bits per heavy atom. The third kappa shape index (κ3) is 3.21. The van der Waals surface area contributed by atoms with Crippen molar-refractivity contribution in [3.05, 3.63) is 29.8 Å². The Morgan fingerprint density at radius 3 is 2.41 bits per heavy atom. The number of nitrogens with two attached hydrogens (primary N) is 1. The Kier molecular flexibility index (Phi) is 4.09. The first-order valence-electron chi connectivity index (χ1n) is 5.30. The normalized spacial score (nSPS) is 11.7. The topological polar surface area (TPSA) is 75.4 Å². The quantitative estimate of drug-likeness (QED) is 0.748. The van der Waals surface area contributed by atoms with Crippen molar-refractivity contribution >= 4 is 17.5 Å². The zero-order valence-electron chi connectivity index (χ0n) is 10.2. The summed E-state index contributed by atoms with van der Waals surface area (Å²) in [7, 11) is 3.28. The molecule has 0 aromatic heterocycles. The van der Waals surface area contributed by atoms with Crippen LogP contribution in [0.4, 0.5) is 5.69 Å². The lowest BCUT2D eigenvalue weighted by Crippen LogP contribution is -2.44. The summed E-state index contributed by atoms with van der Waals surface area (Å²) in [5.41, 5.74) is 6.46. The van der Waals surface area contributed by atoms with E-state index >= 15 is 0 Å². The molecule has 0 radical (unpaired) electrons. The Morgan fingerprint density at radius 1 is 1.29 bits per heavy atom. The van der Waals surface area contributed by atoms with Gasteiger partial charge in [-0.3, -0.25) is 9.59 Å². The summed E-state index contributed by atoms with van der Waals surface area (Å²) < 4.78 is 0. The summed E-state index contributed by atoms with van der Waals surface area (Å²) in [6.45, 7) is 1.64. The zero-order chi connectivity index (χ0) is 13.0. The maximum Gasteiger partial charge on any atom is 0.254 e. The van der Waals surface area contributed by atoms with Gasteiger partial charge in [-0.05, 0) is 19.1 Å². The molecule has 17 heavy (non-hydrogen) atoms. The summed E-state index contributed by atoms with van der Waals surface area (Å²) in [6.07, 6.45) is 0. The fourth-order valence-corrected chi connectivity index (χ4v) is 1.43. The van der Waals surface area contributed by atoms with E-state index in [4.69, 9.17) is 5.73 Å². The summed E-state index contributed by atoms with van der Waals surface area (Å²) in [5, 5.41) is 2.61. The van der Waals surface area contributed by atoms with Gasteiger partial charge in [-0.1, -0.05) is 12.1 Å². The van der Waals surface area contributed by atoms with Gasteiger partial charge in [0.1, 0.15) is 6.04 Å². The molecule has 0 aliphatic heterocycles. The van der Waals surface area contributed by atoms with Crippen LogP contribution in [0.15, 0.2) is 24.3 Å². The first kappa shape index (κ1) is 13.0. The van der Waals surface area contributed by atoms with Crippen LogP contribution in [-0.4, -0.2) is 36.9 Å². The number of amides is 2. The van der Waals surface area contributed by atoms with Crippen molar-refractivity contribution < 1.29 is 9.59 Å². The van der Waals surface area contributed by atoms with Crippen molar-refractivity contribution in [3.8, 4) is 0 Å². The fraction of sp³-hybridized carbons (Fsp3) is 0.333. The van der Waals surface area contributed by atoms with Crippen LogP contribution in [0.5, 0.6) is 0 Å². The highest BCUT2D eigenvalue weighted by molar-refractivity contribution is 6.01. The number of carbonyl (C=O) groups is 2. The van der Waals surface area contributed by atoms with Gasteiger partial charge in [-0.25, -0.2) is 0 Å². The SMILES string of the molecule is CC(NC(=O)c1ccccc1N)C(=O)N(C)C. The molecule has 0 bridgehead atoms. The highest BCUT2D eigenvalue weighted by Crippen LogP contribution is 2.10. The maximum absolute atomic E-state index is 11.8. The van der Waals surface area contributed by atoms with Crippen LogP contribution in [0.1, 0.15) is 17.3 Å². The second kappa shape index (κ2) is 5.34. The molecule has 2 amide bonds. The van der Waals surface area contributed by atoms with E-state index in [0.29, 0.717) is 11.3 Å². The van der Waals surface area contributed by atoms with Gasteiger partial charge in [0, 0.05) is 19.8 Å². The molecule has 1 aromatic rings. The summed E-state index contributed by atoms with van der Waals surface area (Å²) in [5.74, 6) is -0.501. The molecule has 0 aliphatic carbocycles. The molecule has 0 saturated carbocycles. The second-order valence-electron chi connectivity index (χ2n) is 4.02. The van der Waals surface area contributed by atoms with Crippen LogP contribution in [-0.2, 0) is 4.79 Å². The summed E-state index contributed by atoms with van der Waals surface area (Å²) in [6, 6.07) is 6.17. The van der Waals surface area contributed by atoms with Gasteiger partial charge >= 0.3 is 0 Å². The third-order valence-electron chi connectivity index (χ3n) is 2.36. The number of nitrogens with zero attached hydrogens (tertiary/aromatic N) is 1. The minimum absolute atomic E-state index is 0.159. The van der Waals surface area contributed by atoms with Crippen LogP contribution in [0.3, 0.4) is 0 Å². The van der Waals surface area contributed by atoms with Crippen LogP contribution in [0, 0.1) is 0 Å². The number of anilines is 1. The molecule has 0 spiro atoms. The average Bonchev–Trinajstić information content (AvgIpc) is 2.28. The molecule has 0 aliphatic rings. The molecule has 3 N–H and O–H groups in total. The van der Waals surface area contributed by atoms with Gasteiger partial charge < -0.3 is 16.0 Å².